The van der Waals surface area contributed by atoms with Crippen molar-refractivity contribution in [2.75, 3.05) is 0 Å². The van der Waals surface area contributed by atoms with Crippen molar-refractivity contribution in [3.05, 3.63) is 133 Å². The van der Waals surface area contributed by atoms with E-state index < -0.39 is 0 Å². The molecule has 212 valence electrons. The summed E-state index contributed by atoms with van der Waals surface area (Å²) >= 11 is 0. The van der Waals surface area contributed by atoms with Crippen LogP contribution in [0, 0.1) is 5.92 Å². The maximum atomic E-state index is 4.56. The molecule has 0 aliphatic carbocycles. The van der Waals surface area contributed by atoms with Crippen molar-refractivity contribution >= 4 is 10.8 Å². The summed E-state index contributed by atoms with van der Waals surface area (Å²) in [5, 5.41) is 13.7. The summed E-state index contributed by atoms with van der Waals surface area (Å²) in [7, 11) is 0. The normalized spacial score (nSPS) is 13.3. The molecular formula is C37H49N3. The fraction of sp³-hybridized carbons (Fsp3) is 0.351. The van der Waals surface area contributed by atoms with Gasteiger partial charge in [-0.05, 0) is 59.9 Å². The number of nitrogens with one attached hydrogen (secondary N) is 3. The summed E-state index contributed by atoms with van der Waals surface area (Å²) in [5.41, 5.74) is 5.56. The standard InChI is InChI=1S/C37H49N3/c1-8-16-34(9-2)39-29(6)36(25-27(3)4)40-30(7)37(38-28(5)23-24-31-17-11-10-12-18-31)26-33-21-15-20-32-19-13-14-22-35(32)33/h9-15,17-22,27,34,36-40H,2,5-8,16,23-26H2,1,3-4H3/t34?,36-,37?/m0/s1. The van der Waals surface area contributed by atoms with Crippen molar-refractivity contribution < 1.29 is 0 Å². The Labute approximate surface area is 243 Å². The highest BCUT2D eigenvalue weighted by molar-refractivity contribution is 5.85. The maximum absolute atomic E-state index is 4.56. The first kappa shape index (κ1) is 30.8. The Kier molecular flexibility index (Phi) is 12.1. The van der Waals surface area contributed by atoms with Gasteiger partial charge in [0.2, 0.25) is 0 Å². The number of allylic oxidation sites excluding steroid dienone is 1. The smallest absolute Gasteiger partial charge is 0.0691 e. The second kappa shape index (κ2) is 15.8. The Balaban J connectivity index is 1.81. The van der Waals surface area contributed by atoms with Crippen LogP contribution < -0.4 is 16.0 Å². The van der Waals surface area contributed by atoms with Crippen LogP contribution in [0.2, 0.25) is 0 Å². The molecule has 3 nitrogen and oxygen atoms in total. The van der Waals surface area contributed by atoms with Crippen molar-refractivity contribution in [2.45, 2.75) is 77.4 Å². The van der Waals surface area contributed by atoms with Crippen LogP contribution in [0.3, 0.4) is 0 Å². The lowest BCUT2D eigenvalue weighted by Crippen LogP contribution is -2.45. The maximum Gasteiger partial charge on any atom is 0.0691 e. The third kappa shape index (κ3) is 9.48. The molecule has 0 aliphatic heterocycles. The average molecular weight is 536 g/mol. The predicted molar refractivity (Wildman–Crippen MR) is 175 cm³/mol. The van der Waals surface area contributed by atoms with Crippen LogP contribution in [-0.4, -0.2) is 18.1 Å². The number of rotatable bonds is 18. The van der Waals surface area contributed by atoms with E-state index in [-0.39, 0.29) is 18.1 Å². The lowest BCUT2D eigenvalue weighted by Gasteiger charge is -2.32. The molecule has 3 N–H and O–H groups in total. The molecule has 40 heavy (non-hydrogen) atoms. The third-order valence-electron chi connectivity index (χ3n) is 7.40. The van der Waals surface area contributed by atoms with E-state index in [9.17, 15) is 0 Å². The monoisotopic (exact) mass is 535 g/mol. The van der Waals surface area contributed by atoms with Gasteiger partial charge in [0, 0.05) is 23.1 Å². The summed E-state index contributed by atoms with van der Waals surface area (Å²) in [5.74, 6) is 0.502. The van der Waals surface area contributed by atoms with Crippen LogP contribution >= 0.6 is 0 Å². The second-order valence-electron chi connectivity index (χ2n) is 11.3. The number of benzene rings is 3. The van der Waals surface area contributed by atoms with E-state index in [2.05, 4.69) is 136 Å². The lowest BCUT2D eigenvalue weighted by molar-refractivity contribution is 0.438. The summed E-state index contributed by atoms with van der Waals surface area (Å²) in [6.45, 7) is 24.1. The average Bonchev–Trinajstić information content (AvgIpc) is 2.95. The predicted octanol–water partition coefficient (Wildman–Crippen LogP) is 8.46. The highest BCUT2D eigenvalue weighted by atomic mass is 15.1. The van der Waals surface area contributed by atoms with Crippen LogP contribution in [0.25, 0.3) is 10.8 Å². The molecule has 0 radical (unpaired) electrons. The molecule has 2 unspecified atom stereocenters. The zero-order chi connectivity index (χ0) is 28.9. The van der Waals surface area contributed by atoms with Gasteiger partial charge in [0.15, 0.2) is 0 Å². The van der Waals surface area contributed by atoms with Gasteiger partial charge < -0.3 is 16.0 Å². The fourth-order valence-electron chi connectivity index (χ4n) is 5.19. The first-order valence-corrected chi connectivity index (χ1v) is 14.8. The molecule has 0 fully saturated rings. The molecule has 3 heteroatoms. The molecule has 0 saturated carbocycles. The zero-order valence-electron chi connectivity index (χ0n) is 24.9. The molecule has 3 aromatic carbocycles. The van der Waals surface area contributed by atoms with Crippen molar-refractivity contribution in [2.24, 2.45) is 5.92 Å². The molecule has 0 saturated heterocycles. The molecule has 3 atom stereocenters. The van der Waals surface area contributed by atoms with E-state index in [0.717, 1.165) is 55.6 Å². The van der Waals surface area contributed by atoms with Crippen molar-refractivity contribution in [1.29, 1.82) is 0 Å². The third-order valence-corrected chi connectivity index (χ3v) is 7.40. The SMILES string of the molecule is C=CC(CCC)NC(=C)[C@H](CC(C)C)NC(=C)C(Cc1cccc2ccccc12)NC(=C)CCc1ccccc1. The van der Waals surface area contributed by atoms with Crippen molar-refractivity contribution in [3.63, 3.8) is 0 Å². The van der Waals surface area contributed by atoms with Crippen molar-refractivity contribution in [1.82, 2.24) is 16.0 Å². The molecule has 3 rings (SSSR count). The highest BCUT2D eigenvalue weighted by Crippen LogP contribution is 2.23. The van der Waals surface area contributed by atoms with E-state index in [1.165, 1.54) is 21.9 Å². The molecule has 0 spiro atoms. The van der Waals surface area contributed by atoms with Crippen LogP contribution in [0.4, 0.5) is 0 Å². The first-order valence-electron chi connectivity index (χ1n) is 14.8. The molecule has 0 aromatic heterocycles. The van der Waals surface area contributed by atoms with Gasteiger partial charge in [-0.1, -0.05) is 126 Å². The second-order valence-corrected chi connectivity index (χ2v) is 11.3. The number of fused-ring (bicyclic) bond motifs is 1. The van der Waals surface area contributed by atoms with Gasteiger partial charge >= 0.3 is 0 Å². The van der Waals surface area contributed by atoms with E-state index in [4.69, 9.17) is 0 Å². The molecule has 3 aromatic rings. The van der Waals surface area contributed by atoms with Gasteiger partial charge in [0.05, 0.1) is 12.1 Å². The van der Waals surface area contributed by atoms with Gasteiger partial charge in [0.25, 0.3) is 0 Å². The lowest BCUT2D eigenvalue weighted by atomic mass is 9.95. The Hall–Kier alpha value is -3.72. The molecule has 0 aliphatic rings. The van der Waals surface area contributed by atoms with Crippen LogP contribution in [-0.2, 0) is 12.8 Å². The van der Waals surface area contributed by atoms with E-state index in [0.29, 0.717) is 5.92 Å². The number of hydrogen-bond acceptors (Lipinski definition) is 3. The molecular weight excluding hydrogens is 486 g/mol. The summed E-state index contributed by atoms with van der Waals surface area (Å²) in [4.78, 5) is 0. The quantitative estimate of drug-likeness (QED) is 0.143. The Morgan fingerprint density at radius 1 is 0.800 bits per heavy atom. The first-order chi connectivity index (χ1) is 19.3. The minimum absolute atomic E-state index is 0.0256. The summed E-state index contributed by atoms with van der Waals surface area (Å²) in [6.07, 6.45) is 7.68. The van der Waals surface area contributed by atoms with E-state index in [1.807, 2.05) is 6.08 Å². The van der Waals surface area contributed by atoms with E-state index in [1.54, 1.807) is 0 Å². The number of aryl methyl sites for hydroxylation is 1. The zero-order valence-corrected chi connectivity index (χ0v) is 24.9. The summed E-state index contributed by atoms with van der Waals surface area (Å²) in [6, 6.07) is 26.0. The molecule has 0 bridgehead atoms. The molecule has 0 amide bonds. The fourth-order valence-corrected chi connectivity index (χ4v) is 5.19. The minimum atomic E-state index is -0.0256. The Morgan fingerprint density at radius 2 is 1.48 bits per heavy atom. The van der Waals surface area contributed by atoms with Crippen LogP contribution in [0.15, 0.2) is 122 Å². The molecule has 0 heterocycles. The van der Waals surface area contributed by atoms with Crippen molar-refractivity contribution in [3.8, 4) is 0 Å². The van der Waals surface area contributed by atoms with Gasteiger partial charge in [-0.2, -0.15) is 0 Å². The van der Waals surface area contributed by atoms with E-state index >= 15 is 0 Å². The van der Waals surface area contributed by atoms with Crippen LogP contribution in [0.1, 0.15) is 57.6 Å². The highest BCUT2D eigenvalue weighted by Gasteiger charge is 2.22. The summed E-state index contributed by atoms with van der Waals surface area (Å²) < 4.78 is 0. The largest absolute Gasteiger partial charge is 0.381 e. The number of hydrogen-bond donors (Lipinski definition) is 3. The Bertz CT molecular complexity index is 1250. The Morgan fingerprint density at radius 3 is 2.17 bits per heavy atom. The minimum Gasteiger partial charge on any atom is -0.381 e. The van der Waals surface area contributed by atoms with Gasteiger partial charge in [-0.25, -0.2) is 0 Å². The van der Waals surface area contributed by atoms with Gasteiger partial charge in [-0.15, -0.1) is 6.58 Å². The topological polar surface area (TPSA) is 36.1 Å². The van der Waals surface area contributed by atoms with Crippen LogP contribution in [0.5, 0.6) is 0 Å². The van der Waals surface area contributed by atoms with Gasteiger partial charge in [-0.3, -0.25) is 0 Å². The van der Waals surface area contributed by atoms with Gasteiger partial charge in [0.1, 0.15) is 0 Å².